The van der Waals surface area contributed by atoms with E-state index in [9.17, 15) is 8.42 Å². The Morgan fingerprint density at radius 1 is 1.29 bits per heavy atom. The minimum atomic E-state index is -3.33. The molecule has 1 aromatic rings. The zero-order valence-corrected chi connectivity index (χ0v) is 10.9. The van der Waals surface area contributed by atoms with Gasteiger partial charge in [0, 0.05) is 19.3 Å². The van der Waals surface area contributed by atoms with Crippen molar-refractivity contribution >= 4 is 21.4 Å². The van der Waals surface area contributed by atoms with E-state index in [-0.39, 0.29) is 12.4 Å². The van der Waals surface area contributed by atoms with Gasteiger partial charge >= 0.3 is 0 Å². The van der Waals surface area contributed by atoms with Gasteiger partial charge in [0.15, 0.2) is 0 Å². The second-order valence-corrected chi connectivity index (χ2v) is 5.69. The number of nitrogens with two attached hydrogens (primary N) is 1. The molecule has 6 heteroatoms. The molecule has 17 heavy (non-hydrogen) atoms. The molecule has 2 N–H and O–H groups in total. The van der Waals surface area contributed by atoms with Crippen LogP contribution in [0.4, 0.5) is 11.4 Å². The zero-order valence-electron chi connectivity index (χ0n) is 10.1. The Balaban J connectivity index is 2.74. The van der Waals surface area contributed by atoms with Gasteiger partial charge in [-0.25, -0.2) is 8.42 Å². The molecule has 0 atom stereocenters. The minimum Gasteiger partial charge on any atom is -0.399 e. The molecule has 0 aliphatic heterocycles. The van der Waals surface area contributed by atoms with Crippen molar-refractivity contribution in [3.8, 4) is 0 Å². The molecule has 0 fully saturated rings. The summed E-state index contributed by atoms with van der Waals surface area (Å²) < 4.78 is 30.1. The predicted octanol–water partition coefficient (Wildman–Crippen LogP) is 1.07. The van der Waals surface area contributed by atoms with Crippen LogP contribution < -0.4 is 10.0 Å². The van der Waals surface area contributed by atoms with Gasteiger partial charge in [-0.05, 0) is 31.2 Å². The highest BCUT2D eigenvalue weighted by Crippen LogP contribution is 2.17. The van der Waals surface area contributed by atoms with E-state index < -0.39 is 10.0 Å². The van der Waals surface area contributed by atoms with Crippen molar-refractivity contribution in [2.24, 2.45) is 0 Å². The van der Waals surface area contributed by atoms with Crippen LogP contribution in [0.5, 0.6) is 0 Å². The summed E-state index contributed by atoms with van der Waals surface area (Å²) >= 11 is 0. The monoisotopic (exact) mass is 258 g/mol. The van der Waals surface area contributed by atoms with Gasteiger partial charge in [0.2, 0.25) is 10.0 Å². The topological polar surface area (TPSA) is 72.6 Å². The van der Waals surface area contributed by atoms with Gasteiger partial charge in [0.1, 0.15) is 0 Å². The molecule has 0 radical (unpaired) electrons. The van der Waals surface area contributed by atoms with E-state index >= 15 is 0 Å². The van der Waals surface area contributed by atoms with Gasteiger partial charge in [0.25, 0.3) is 0 Å². The van der Waals surface area contributed by atoms with Crippen LogP contribution in [0.3, 0.4) is 0 Å². The van der Waals surface area contributed by atoms with Crippen LogP contribution in [-0.2, 0) is 14.8 Å². The number of hydrogen-bond acceptors (Lipinski definition) is 4. The summed E-state index contributed by atoms with van der Waals surface area (Å²) in [4.78, 5) is 0. The molecule has 0 unspecified atom stereocenters. The number of nitrogens with zero attached hydrogens (tertiary/aromatic N) is 1. The molecule has 1 rings (SSSR count). The van der Waals surface area contributed by atoms with E-state index in [0.717, 1.165) is 0 Å². The van der Waals surface area contributed by atoms with Crippen LogP contribution in [0.25, 0.3) is 0 Å². The average molecular weight is 258 g/mol. The summed E-state index contributed by atoms with van der Waals surface area (Å²) in [6.07, 6.45) is 0. The molecular weight excluding hydrogens is 240 g/mol. The lowest BCUT2D eigenvalue weighted by molar-refractivity contribution is 0.163. The largest absolute Gasteiger partial charge is 0.399 e. The summed E-state index contributed by atoms with van der Waals surface area (Å²) in [5, 5.41) is 0. The number of sulfonamides is 1. The van der Waals surface area contributed by atoms with Crippen molar-refractivity contribution < 1.29 is 13.2 Å². The quantitative estimate of drug-likeness (QED) is 0.612. The van der Waals surface area contributed by atoms with Gasteiger partial charge in [-0.15, -0.1) is 0 Å². The van der Waals surface area contributed by atoms with Crippen molar-refractivity contribution in [2.75, 3.05) is 36.1 Å². The molecule has 0 heterocycles. The lowest BCUT2D eigenvalue weighted by Crippen LogP contribution is -2.30. The van der Waals surface area contributed by atoms with E-state index in [4.69, 9.17) is 10.5 Å². The van der Waals surface area contributed by atoms with Crippen molar-refractivity contribution in [3.63, 3.8) is 0 Å². The second-order valence-electron chi connectivity index (χ2n) is 3.57. The molecule has 0 amide bonds. The van der Waals surface area contributed by atoms with Crippen LogP contribution in [0, 0.1) is 0 Å². The van der Waals surface area contributed by atoms with Crippen LogP contribution >= 0.6 is 0 Å². The van der Waals surface area contributed by atoms with Gasteiger partial charge in [0.05, 0.1) is 18.0 Å². The highest BCUT2D eigenvalue weighted by atomic mass is 32.2. The molecular formula is C11H18N2O3S. The van der Waals surface area contributed by atoms with Gasteiger partial charge in [-0.2, -0.15) is 0 Å². The van der Waals surface area contributed by atoms with Crippen LogP contribution in [0.2, 0.25) is 0 Å². The summed E-state index contributed by atoms with van der Waals surface area (Å²) in [6, 6.07) is 6.69. The van der Waals surface area contributed by atoms with Crippen LogP contribution in [0.1, 0.15) is 6.92 Å². The SMILES string of the molecule is CCOCCS(=O)(=O)N(C)c1ccc(N)cc1. The number of anilines is 2. The Labute approximate surface area is 102 Å². The van der Waals surface area contributed by atoms with E-state index in [1.54, 1.807) is 24.3 Å². The first-order valence-corrected chi connectivity index (χ1v) is 6.98. The second kappa shape index (κ2) is 5.88. The molecule has 0 spiro atoms. The van der Waals surface area contributed by atoms with Gasteiger partial charge < -0.3 is 10.5 Å². The lowest BCUT2D eigenvalue weighted by atomic mass is 10.3. The maximum absolute atomic E-state index is 11.9. The maximum Gasteiger partial charge on any atom is 0.237 e. The van der Waals surface area contributed by atoms with E-state index in [1.807, 2.05) is 6.92 Å². The molecule has 5 nitrogen and oxygen atoms in total. The van der Waals surface area contributed by atoms with Gasteiger partial charge in [-0.1, -0.05) is 0 Å². The smallest absolute Gasteiger partial charge is 0.237 e. The van der Waals surface area contributed by atoms with Crippen molar-refractivity contribution in [3.05, 3.63) is 24.3 Å². The highest BCUT2D eigenvalue weighted by Gasteiger charge is 2.17. The van der Waals surface area contributed by atoms with Crippen molar-refractivity contribution in [1.82, 2.24) is 0 Å². The average Bonchev–Trinajstić information content (AvgIpc) is 2.29. The number of hydrogen-bond donors (Lipinski definition) is 1. The maximum atomic E-state index is 11.9. The number of ether oxygens (including phenoxy) is 1. The Morgan fingerprint density at radius 3 is 2.41 bits per heavy atom. The highest BCUT2D eigenvalue weighted by molar-refractivity contribution is 7.92. The zero-order chi connectivity index (χ0) is 12.9. The summed E-state index contributed by atoms with van der Waals surface area (Å²) in [5.74, 6) is -0.0261. The van der Waals surface area contributed by atoms with E-state index in [0.29, 0.717) is 18.0 Å². The minimum absolute atomic E-state index is 0.0261. The molecule has 1 aromatic carbocycles. The Hall–Kier alpha value is -1.27. The number of benzene rings is 1. The number of rotatable bonds is 6. The first-order chi connectivity index (χ1) is 7.97. The summed E-state index contributed by atoms with van der Waals surface area (Å²) in [6.45, 7) is 2.55. The predicted molar refractivity (Wildman–Crippen MR) is 69.5 cm³/mol. The van der Waals surface area contributed by atoms with Crippen LogP contribution in [-0.4, -0.2) is 34.4 Å². The Kier molecular flexibility index (Phi) is 4.77. The lowest BCUT2D eigenvalue weighted by Gasteiger charge is -2.19. The molecule has 0 bridgehead atoms. The standard InChI is InChI=1S/C11H18N2O3S/c1-3-16-8-9-17(14,15)13(2)11-6-4-10(12)5-7-11/h4-7H,3,8-9,12H2,1-2H3. The Bertz CT molecular complexity index is 442. The van der Waals surface area contributed by atoms with Crippen molar-refractivity contribution in [2.45, 2.75) is 6.92 Å². The molecule has 0 aliphatic rings. The van der Waals surface area contributed by atoms with Gasteiger partial charge in [-0.3, -0.25) is 4.31 Å². The normalized spacial score (nSPS) is 11.4. The van der Waals surface area contributed by atoms with E-state index in [1.165, 1.54) is 11.4 Å². The van der Waals surface area contributed by atoms with Crippen LogP contribution in [0.15, 0.2) is 24.3 Å². The third-order valence-electron chi connectivity index (χ3n) is 2.36. The first-order valence-electron chi connectivity index (χ1n) is 5.37. The number of nitrogen functional groups attached to an aromatic ring is 1. The summed E-state index contributed by atoms with van der Waals surface area (Å²) in [7, 11) is -1.81. The third kappa shape index (κ3) is 3.90. The fraction of sp³-hybridized carbons (Fsp3) is 0.455. The molecule has 0 aliphatic carbocycles. The Morgan fingerprint density at radius 2 is 1.88 bits per heavy atom. The molecule has 0 aromatic heterocycles. The first kappa shape index (κ1) is 13.8. The fourth-order valence-electron chi connectivity index (χ4n) is 1.29. The summed E-state index contributed by atoms with van der Waals surface area (Å²) in [5.41, 5.74) is 6.74. The molecule has 0 saturated carbocycles. The third-order valence-corrected chi connectivity index (χ3v) is 4.09. The van der Waals surface area contributed by atoms with Crippen molar-refractivity contribution in [1.29, 1.82) is 0 Å². The van der Waals surface area contributed by atoms with E-state index in [2.05, 4.69) is 0 Å². The fourth-order valence-corrected chi connectivity index (χ4v) is 2.34. The molecule has 0 saturated heterocycles. The molecule has 96 valence electrons.